The van der Waals surface area contributed by atoms with Crippen LogP contribution >= 0.6 is 0 Å². The van der Waals surface area contributed by atoms with E-state index in [-0.39, 0.29) is 5.63 Å². The molecule has 4 nitrogen and oxygen atoms in total. The van der Waals surface area contributed by atoms with Crippen LogP contribution in [0.25, 0.3) is 33.3 Å². The number of methoxy groups -OCH3 is 1. The lowest BCUT2D eigenvalue weighted by atomic mass is 9.98. The van der Waals surface area contributed by atoms with Crippen LogP contribution in [0.2, 0.25) is 0 Å². The van der Waals surface area contributed by atoms with Crippen molar-refractivity contribution in [2.75, 3.05) is 7.11 Å². The Morgan fingerprint density at radius 3 is 2.46 bits per heavy atom. The summed E-state index contributed by atoms with van der Waals surface area (Å²) in [6.07, 6.45) is 0. The number of benzene rings is 2. The fourth-order valence-electron chi connectivity index (χ4n) is 3.32. The number of hydrogen-bond donors (Lipinski definition) is 0. The molecule has 2 heterocycles. The first-order valence-electron chi connectivity index (χ1n) is 8.63. The number of fused-ring (bicyclic) bond motifs is 2. The number of ether oxygens (including phenoxy) is 1. The van der Waals surface area contributed by atoms with Crippen molar-refractivity contribution >= 4 is 21.9 Å². The second-order valence-corrected chi connectivity index (χ2v) is 6.81. The van der Waals surface area contributed by atoms with Crippen LogP contribution in [0.1, 0.15) is 30.9 Å². The first-order valence-corrected chi connectivity index (χ1v) is 8.63. The molecule has 0 spiro atoms. The summed E-state index contributed by atoms with van der Waals surface area (Å²) in [6, 6.07) is 13.2. The summed E-state index contributed by atoms with van der Waals surface area (Å²) < 4.78 is 16.8. The highest BCUT2D eigenvalue weighted by Gasteiger charge is 2.18. The van der Waals surface area contributed by atoms with Gasteiger partial charge in [-0.3, -0.25) is 0 Å². The molecule has 0 saturated heterocycles. The largest absolute Gasteiger partial charge is 0.497 e. The Labute approximate surface area is 151 Å². The number of furan rings is 1. The van der Waals surface area contributed by atoms with E-state index in [0.717, 1.165) is 33.2 Å². The van der Waals surface area contributed by atoms with E-state index in [9.17, 15) is 4.79 Å². The van der Waals surface area contributed by atoms with E-state index >= 15 is 0 Å². The van der Waals surface area contributed by atoms with Crippen molar-refractivity contribution in [2.45, 2.75) is 26.7 Å². The van der Waals surface area contributed by atoms with E-state index in [4.69, 9.17) is 13.6 Å². The van der Waals surface area contributed by atoms with Crippen LogP contribution in [-0.4, -0.2) is 7.11 Å². The average molecular weight is 348 g/mol. The van der Waals surface area contributed by atoms with E-state index in [2.05, 4.69) is 19.9 Å². The molecule has 0 aliphatic rings. The van der Waals surface area contributed by atoms with Gasteiger partial charge in [0.25, 0.3) is 0 Å². The van der Waals surface area contributed by atoms with Crippen LogP contribution in [0, 0.1) is 6.92 Å². The van der Waals surface area contributed by atoms with Crippen LogP contribution in [0.4, 0.5) is 0 Å². The van der Waals surface area contributed by atoms with Crippen LogP contribution in [-0.2, 0) is 0 Å². The molecule has 4 heteroatoms. The van der Waals surface area contributed by atoms with Gasteiger partial charge in [-0.1, -0.05) is 19.9 Å². The monoisotopic (exact) mass is 348 g/mol. The maximum Gasteiger partial charge on any atom is 0.336 e. The van der Waals surface area contributed by atoms with Crippen LogP contribution in [0.5, 0.6) is 5.75 Å². The molecule has 0 N–H and O–H groups in total. The quantitative estimate of drug-likeness (QED) is 0.449. The van der Waals surface area contributed by atoms with E-state index in [1.165, 1.54) is 11.6 Å². The van der Waals surface area contributed by atoms with Gasteiger partial charge in [0.2, 0.25) is 0 Å². The standard InChI is InChI=1S/C22H20O4/c1-12(2)14-5-8-19-17(9-14)18(11-21(23)25-19)22-13(3)16-7-6-15(24-4)10-20(16)26-22/h5-12H,1-4H3. The summed E-state index contributed by atoms with van der Waals surface area (Å²) in [6.45, 7) is 6.28. The summed E-state index contributed by atoms with van der Waals surface area (Å²) in [5.41, 5.74) is 3.84. The zero-order valence-electron chi connectivity index (χ0n) is 15.3. The van der Waals surface area contributed by atoms with E-state index < -0.39 is 0 Å². The lowest BCUT2D eigenvalue weighted by Crippen LogP contribution is -1.99. The molecule has 2 aromatic heterocycles. The van der Waals surface area contributed by atoms with Gasteiger partial charge >= 0.3 is 5.63 Å². The van der Waals surface area contributed by atoms with Crippen molar-refractivity contribution in [3.63, 3.8) is 0 Å². The molecule has 0 radical (unpaired) electrons. The minimum absolute atomic E-state index is 0.375. The summed E-state index contributed by atoms with van der Waals surface area (Å²) in [7, 11) is 1.63. The highest BCUT2D eigenvalue weighted by atomic mass is 16.5. The minimum atomic E-state index is -0.387. The van der Waals surface area contributed by atoms with Gasteiger partial charge in [-0.25, -0.2) is 4.79 Å². The van der Waals surface area contributed by atoms with Gasteiger partial charge in [0.15, 0.2) is 0 Å². The highest BCUT2D eigenvalue weighted by molar-refractivity contribution is 5.97. The third-order valence-corrected chi connectivity index (χ3v) is 4.82. The predicted octanol–water partition coefficient (Wildman–Crippen LogP) is 5.65. The molecule has 0 amide bonds. The summed E-state index contributed by atoms with van der Waals surface area (Å²) in [4.78, 5) is 12.1. The average Bonchev–Trinajstić information content (AvgIpc) is 2.96. The Bertz CT molecular complexity index is 1180. The first-order chi connectivity index (χ1) is 12.5. The fourth-order valence-corrected chi connectivity index (χ4v) is 3.32. The Hall–Kier alpha value is -3.01. The third-order valence-electron chi connectivity index (χ3n) is 4.82. The Morgan fingerprint density at radius 2 is 1.73 bits per heavy atom. The zero-order valence-corrected chi connectivity index (χ0v) is 15.3. The second-order valence-electron chi connectivity index (χ2n) is 6.81. The normalized spacial score (nSPS) is 11.6. The van der Waals surface area contributed by atoms with E-state index in [1.807, 2.05) is 37.3 Å². The van der Waals surface area contributed by atoms with Crippen molar-refractivity contribution in [3.05, 3.63) is 64.0 Å². The van der Waals surface area contributed by atoms with E-state index in [0.29, 0.717) is 17.3 Å². The predicted molar refractivity (Wildman–Crippen MR) is 103 cm³/mol. The zero-order chi connectivity index (χ0) is 18.4. The molecule has 2 aromatic carbocycles. The van der Waals surface area contributed by atoms with Crippen molar-refractivity contribution < 1.29 is 13.6 Å². The molecule has 132 valence electrons. The molecular formula is C22H20O4. The number of aryl methyl sites for hydroxylation is 1. The van der Waals surface area contributed by atoms with Gasteiger partial charge in [0.1, 0.15) is 22.7 Å². The molecule has 0 aliphatic heterocycles. The molecule has 0 unspecified atom stereocenters. The van der Waals surface area contributed by atoms with Crippen molar-refractivity contribution in [2.24, 2.45) is 0 Å². The van der Waals surface area contributed by atoms with Crippen molar-refractivity contribution in [3.8, 4) is 17.1 Å². The Kier molecular flexibility index (Phi) is 3.83. The molecule has 26 heavy (non-hydrogen) atoms. The van der Waals surface area contributed by atoms with E-state index in [1.54, 1.807) is 7.11 Å². The van der Waals surface area contributed by atoms with Crippen molar-refractivity contribution in [1.82, 2.24) is 0 Å². The number of rotatable bonds is 3. The van der Waals surface area contributed by atoms with Gasteiger partial charge < -0.3 is 13.6 Å². The van der Waals surface area contributed by atoms with Crippen LogP contribution in [0.3, 0.4) is 0 Å². The fraction of sp³-hybridized carbons (Fsp3) is 0.227. The molecule has 0 fully saturated rings. The third kappa shape index (κ3) is 2.58. The Balaban J connectivity index is 2.04. The molecule has 0 saturated carbocycles. The van der Waals surface area contributed by atoms with Crippen LogP contribution in [0.15, 0.2) is 56.1 Å². The molecule has 4 aromatic rings. The van der Waals surface area contributed by atoms with Gasteiger partial charge in [-0.2, -0.15) is 0 Å². The topological polar surface area (TPSA) is 52.6 Å². The van der Waals surface area contributed by atoms with Crippen molar-refractivity contribution in [1.29, 1.82) is 0 Å². The molecule has 4 rings (SSSR count). The van der Waals surface area contributed by atoms with Gasteiger partial charge in [0.05, 0.1) is 7.11 Å². The lowest BCUT2D eigenvalue weighted by Gasteiger charge is -2.09. The first kappa shape index (κ1) is 16.5. The van der Waals surface area contributed by atoms with Crippen LogP contribution < -0.4 is 10.4 Å². The molecule has 0 atom stereocenters. The Morgan fingerprint density at radius 1 is 0.923 bits per heavy atom. The summed E-state index contributed by atoms with van der Waals surface area (Å²) in [5, 5.41) is 1.88. The van der Waals surface area contributed by atoms with Gasteiger partial charge in [-0.15, -0.1) is 0 Å². The minimum Gasteiger partial charge on any atom is -0.497 e. The van der Waals surface area contributed by atoms with Gasteiger partial charge in [0, 0.05) is 34.0 Å². The molecular weight excluding hydrogens is 328 g/mol. The summed E-state index contributed by atoms with van der Waals surface area (Å²) >= 11 is 0. The maximum absolute atomic E-state index is 12.1. The number of hydrogen-bond acceptors (Lipinski definition) is 4. The lowest BCUT2D eigenvalue weighted by molar-refractivity contribution is 0.414. The smallest absolute Gasteiger partial charge is 0.336 e. The SMILES string of the molecule is COc1ccc2c(C)c(-c3cc(=O)oc4ccc(C(C)C)cc34)oc2c1. The highest BCUT2D eigenvalue weighted by Crippen LogP contribution is 2.37. The molecule has 0 aliphatic carbocycles. The second kappa shape index (κ2) is 6.06. The van der Waals surface area contributed by atoms with Gasteiger partial charge in [-0.05, 0) is 42.7 Å². The summed E-state index contributed by atoms with van der Waals surface area (Å²) in [5.74, 6) is 1.80. The molecule has 0 bridgehead atoms. The maximum atomic E-state index is 12.1.